The van der Waals surface area contributed by atoms with Crippen molar-refractivity contribution in [3.8, 4) is 0 Å². The van der Waals surface area contributed by atoms with Crippen LogP contribution >= 0.6 is 0 Å². The van der Waals surface area contributed by atoms with Crippen LogP contribution in [0.2, 0.25) is 0 Å². The molecule has 0 bridgehead atoms. The summed E-state index contributed by atoms with van der Waals surface area (Å²) in [6, 6.07) is 0. The number of hydrogen-bond acceptors (Lipinski definition) is 3. The Morgan fingerprint density at radius 3 is 2.24 bits per heavy atom. The van der Waals surface area contributed by atoms with Crippen LogP contribution in [-0.4, -0.2) is 18.1 Å². The van der Waals surface area contributed by atoms with E-state index in [0.717, 1.165) is 31.4 Å². The fraction of sp³-hybridized carbons (Fsp3) is 0.857. The highest BCUT2D eigenvalue weighted by atomic mass is 16.6. The van der Waals surface area contributed by atoms with Crippen molar-refractivity contribution in [3.05, 3.63) is 0 Å². The second-order valence-corrected chi connectivity index (χ2v) is 3.72. The maximum absolute atomic E-state index is 11.0. The molecule has 17 heavy (non-hydrogen) atoms. The van der Waals surface area contributed by atoms with Crippen LogP contribution in [-0.2, 0) is 9.63 Å². The topological polar surface area (TPSA) is 38.7 Å². The fourth-order valence-corrected chi connectivity index (χ4v) is 1.06. The van der Waals surface area contributed by atoms with Gasteiger partial charge in [0.15, 0.2) is 0 Å². The van der Waals surface area contributed by atoms with E-state index in [1.54, 1.807) is 0 Å². The minimum absolute atomic E-state index is 0.357. The number of carbonyl (C=O) groups is 1. The standard InChI is InChI=1S/C12H23NO2.C2H6/c1-4-11(3)13-15-10-8-6-7-9-12(14)5-2;1-2/h4-10H2,1-3H3;1-2H3/b13-11+;. The molecule has 3 heteroatoms. The van der Waals surface area contributed by atoms with Crippen molar-refractivity contribution in [1.82, 2.24) is 0 Å². The quantitative estimate of drug-likeness (QED) is 0.343. The molecular formula is C14H29NO2. The highest BCUT2D eigenvalue weighted by Crippen LogP contribution is 2.02. The van der Waals surface area contributed by atoms with Crippen LogP contribution in [0.5, 0.6) is 0 Å². The Morgan fingerprint density at radius 2 is 1.71 bits per heavy atom. The van der Waals surface area contributed by atoms with Gasteiger partial charge in [0.05, 0.1) is 5.71 Å². The van der Waals surface area contributed by atoms with Gasteiger partial charge in [-0.2, -0.15) is 0 Å². The first kappa shape index (κ1) is 18.5. The molecule has 0 amide bonds. The molecular weight excluding hydrogens is 214 g/mol. The lowest BCUT2D eigenvalue weighted by atomic mass is 10.1. The Kier molecular flexibility index (Phi) is 16.5. The molecule has 102 valence electrons. The molecule has 0 saturated carbocycles. The summed E-state index contributed by atoms with van der Waals surface area (Å²) in [6.07, 6.45) is 5.33. The van der Waals surface area contributed by atoms with Crippen LogP contribution in [0.1, 0.15) is 73.1 Å². The van der Waals surface area contributed by atoms with Gasteiger partial charge in [-0.05, 0) is 32.6 Å². The number of rotatable bonds is 9. The predicted molar refractivity (Wildman–Crippen MR) is 74.5 cm³/mol. The molecule has 0 fully saturated rings. The number of oxime groups is 1. The molecule has 0 N–H and O–H groups in total. The first-order valence-corrected chi connectivity index (χ1v) is 6.87. The van der Waals surface area contributed by atoms with Gasteiger partial charge in [-0.3, -0.25) is 4.79 Å². The van der Waals surface area contributed by atoms with Crippen molar-refractivity contribution >= 4 is 11.5 Å². The largest absolute Gasteiger partial charge is 0.396 e. The van der Waals surface area contributed by atoms with Crippen molar-refractivity contribution in [3.63, 3.8) is 0 Å². The number of ketones is 1. The van der Waals surface area contributed by atoms with Crippen molar-refractivity contribution in [2.45, 2.75) is 73.1 Å². The zero-order valence-corrected chi connectivity index (χ0v) is 12.2. The van der Waals surface area contributed by atoms with Gasteiger partial charge in [-0.1, -0.05) is 32.9 Å². The predicted octanol–water partition coefficient (Wildman–Crippen LogP) is 4.35. The summed E-state index contributed by atoms with van der Waals surface area (Å²) in [5, 5.41) is 3.94. The SMILES string of the molecule is CC.CCC(=O)CCCCCO/N=C(\C)CC. The maximum Gasteiger partial charge on any atom is 0.132 e. The normalized spacial score (nSPS) is 10.5. The molecule has 0 aromatic carbocycles. The average molecular weight is 243 g/mol. The van der Waals surface area contributed by atoms with E-state index in [9.17, 15) is 4.79 Å². The molecule has 3 nitrogen and oxygen atoms in total. The van der Waals surface area contributed by atoms with E-state index in [4.69, 9.17) is 4.84 Å². The van der Waals surface area contributed by atoms with Crippen LogP contribution < -0.4 is 0 Å². The van der Waals surface area contributed by atoms with E-state index in [-0.39, 0.29) is 0 Å². The maximum atomic E-state index is 11.0. The molecule has 0 atom stereocenters. The summed E-state index contributed by atoms with van der Waals surface area (Å²) in [4.78, 5) is 16.1. The van der Waals surface area contributed by atoms with E-state index >= 15 is 0 Å². The third kappa shape index (κ3) is 15.1. The molecule has 0 radical (unpaired) electrons. The zero-order chi connectivity index (χ0) is 13.5. The van der Waals surface area contributed by atoms with Crippen LogP contribution in [0.3, 0.4) is 0 Å². The molecule has 0 heterocycles. The van der Waals surface area contributed by atoms with Gasteiger partial charge in [-0.25, -0.2) is 0 Å². The summed E-state index contributed by atoms with van der Waals surface area (Å²) in [5.74, 6) is 0.357. The van der Waals surface area contributed by atoms with Crippen molar-refractivity contribution in [2.24, 2.45) is 5.16 Å². The van der Waals surface area contributed by atoms with Gasteiger partial charge in [0.2, 0.25) is 0 Å². The van der Waals surface area contributed by atoms with Gasteiger partial charge < -0.3 is 4.84 Å². The van der Waals surface area contributed by atoms with Gasteiger partial charge in [0.1, 0.15) is 12.4 Å². The second kappa shape index (κ2) is 15.1. The molecule has 0 aliphatic heterocycles. The molecule has 0 aliphatic rings. The summed E-state index contributed by atoms with van der Waals surface area (Å²) >= 11 is 0. The molecule has 0 rings (SSSR count). The first-order chi connectivity index (χ1) is 8.20. The van der Waals surface area contributed by atoms with Gasteiger partial charge in [0.25, 0.3) is 0 Å². The monoisotopic (exact) mass is 243 g/mol. The molecule has 0 saturated heterocycles. The van der Waals surface area contributed by atoms with E-state index < -0.39 is 0 Å². The Morgan fingerprint density at radius 1 is 1.06 bits per heavy atom. The second-order valence-electron chi connectivity index (χ2n) is 3.72. The molecule has 0 spiro atoms. The fourth-order valence-electron chi connectivity index (χ4n) is 1.06. The van der Waals surface area contributed by atoms with Crippen molar-refractivity contribution in [2.75, 3.05) is 6.61 Å². The number of Topliss-reactive ketones (excluding diaryl/α,β-unsaturated/α-hetero) is 1. The van der Waals surface area contributed by atoms with E-state index in [2.05, 4.69) is 12.1 Å². The summed E-state index contributed by atoms with van der Waals surface area (Å²) in [6.45, 7) is 10.6. The van der Waals surface area contributed by atoms with E-state index in [1.807, 2.05) is 27.7 Å². The van der Waals surface area contributed by atoms with Gasteiger partial charge in [0, 0.05) is 12.8 Å². The van der Waals surface area contributed by atoms with E-state index in [0.29, 0.717) is 25.2 Å². The number of nitrogens with zero attached hydrogens (tertiary/aromatic N) is 1. The molecule has 0 unspecified atom stereocenters. The third-order valence-corrected chi connectivity index (χ3v) is 2.32. The smallest absolute Gasteiger partial charge is 0.132 e. The first-order valence-electron chi connectivity index (χ1n) is 6.87. The van der Waals surface area contributed by atoms with Crippen LogP contribution in [0.25, 0.3) is 0 Å². The van der Waals surface area contributed by atoms with Crippen molar-refractivity contribution < 1.29 is 9.63 Å². The molecule has 0 aromatic heterocycles. The highest BCUT2D eigenvalue weighted by molar-refractivity contribution is 5.80. The minimum atomic E-state index is 0.357. The van der Waals surface area contributed by atoms with Crippen molar-refractivity contribution in [1.29, 1.82) is 0 Å². The third-order valence-electron chi connectivity index (χ3n) is 2.32. The Bertz CT molecular complexity index is 200. The average Bonchev–Trinajstić information content (AvgIpc) is 2.39. The summed E-state index contributed by atoms with van der Waals surface area (Å²) in [7, 11) is 0. The van der Waals surface area contributed by atoms with Crippen LogP contribution in [0.15, 0.2) is 5.16 Å². The summed E-state index contributed by atoms with van der Waals surface area (Å²) in [5.41, 5.74) is 1.02. The number of carbonyl (C=O) groups excluding carboxylic acids is 1. The zero-order valence-electron chi connectivity index (χ0n) is 12.2. The summed E-state index contributed by atoms with van der Waals surface area (Å²) < 4.78 is 0. The Hall–Kier alpha value is -0.860. The molecule has 0 aromatic rings. The van der Waals surface area contributed by atoms with Gasteiger partial charge in [-0.15, -0.1) is 0 Å². The minimum Gasteiger partial charge on any atom is -0.396 e. The Balaban J connectivity index is 0. The van der Waals surface area contributed by atoms with E-state index in [1.165, 1.54) is 0 Å². The molecule has 0 aliphatic carbocycles. The highest BCUT2D eigenvalue weighted by Gasteiger charge is 1.97. The van der Waals surface area contributed by atoms with Gasteiger partial charge >= 0.3 is 0 Å². The van der Waals surface area contributed by atoms with Crippen LogP contribution in [0.4, 0.5) is 0 Å². The van der Waals surface area contributed by atoms with Crippen LogP contribution in [0, 0.1) is 0 Å². The lowest BCUT2D eigenvalue weighted by Crippen LogP contribution is -1.96. The number of unbranched alkanes of at least 4 members (excludes halogenated alkanes) is 2. The number of hydrogen-bond donors (Lipinski definition) is 0. The Labute approximate surface area is 107 Å². The lowest BCUT2D eigenvalue weighted by molar-refractivity contribution is -0.118. The lowest BCUT2D eigenvalue weighted by Gasteiger charge is -2.01.